The van der Waals surface area contributed by atoms with E-state index in [1.807, 2.05) is 0 Å². The second-order valence-corrected chi connectivity index (χ2v) is 5.28. The molecule has 23 heavy (non-hydrogen) atoms. The largest absolute Gasteiger partial charge is 0.451 e. The van der Waals surface area contributed by atoms with E-state index in [0.717, 1.165) is 19.3 Å². The van der Waals surface area contributed by atoms with Gasteiger partial charge in [-0.1, -0.05) is 26.2 Å². The van der Waals surface area contributed by atoms with Gasteiger partial charge in [0.2, 0.25) is 0 Å². The quantitative estimate of drug-likeness (QED) is 0.450. The number of carbonyl (C=O) groups excluding carboxylic acids is 1. The van der Waals surface area contributed by atoms with Crippen LogP contribution in [0.2, 0.25) is 0 Å². The molecule has 0 unspecified atom stereocenters. The van der Waals surface area contributed by atoms with E-state index in [1.54, 1.807) is 24.3 Å². The molecular weight excluding hydrogens is 296 g/mol. The molecule has 0 saturated carbocycles. The zero-order valence-electron chi connectivity index (χ0n) is 13.1. The van der Waals surface area contributed by atoms with Gasteiger partial charge in [-0.25, -0.2) is 0 Å². The Morgan fingerprint density at radius 3 is 2.52 bits per heavy atom. The second kappa shape index (κ2) is 8.12. The highest BCUT2D eigenvalue weighted by atomic mass is 16.6. The molecule has 0 saturated heterocycles. The zero-order valence-corrected chi connectivity index (χ0v) is 13.1. The molecule has 6 nitrogen and oxygen atoms in total. The summed E-state index contributed by atoms with van der Waals surface area (Å²) in [7, 11) is 0. The first kappa shape index (κ1) is 16.7. The highest BCUT2D eigenvalue weighted by molar-refractivity contribution is 5.92. The number of hydrogen-bond acceptors (Lipinski definition) is 4. The topological polar surface area (TPSA) is 85.4 Å². The zero-order chi connectivity index (χ0) is 16.7. The van der Waals surface area contributed by atoms with E-state index in [-0.39, 0.29) is 17.4 Å². The lowest BCUT2D eigenvalue weighted by molar-refractivity contribution is -0.384. The molecule has 0 aliphatic carbocycles. The summed E-state index contributed by atoms with van der Waals surface area (Å²) in [5.74, 6) is 0.513. The Kier molecular flexibility index (Phi) is 5.91. The number of unbranched alkanes of at least 4 members (excludes halogenated alkanes) is 3. The minimum absolute atomic E-state index is 0.0188. The molecular formula is C17H20N2O4. The lowest BCUT2D eigenvalue weighted by Crippen LogP contribution is -2.23. The molecule has 0 radical (unpaired) electrons. The van der Waals surface area contributed by atoms with Gasteiger partial charge in [0.15, 0.2) is 5.76 Å². The first-order valence-corrected chi connectivity index (χ1v) is 7.74. The van der Waals surface area contributed by atoms with Gasteiger partial charge in [-0.2, -0.15) is 0 Å². The van der Waals surface area contributed by atoms with Crippen molar-refractivity contribution in [3.63, 3.8) is 0 Å². The first-order chi connectivity index (χ1) is 11.1. The second-order valence-electron chi connectivity index (χ2n) is 5.28. The van der Waals surface area contributed by atoms with E-state index < -0.39 is 4.92 Å². The van der Waals surface area contributed by atoms with Crippen LogP contribution in [-0.2, 0) is 0 Å². The minimum atomic E-state index is -0.455. The van der Waals surface area contributed by atoms with Crippen LogP contribution in [0, 0.1) is 10.1 Å². The van der Waals surface area contributed by atoms with Gasteiger partial charge in [0.05, 0.1) is 4.92 Å². The minimum Gasteiger partial charge on any atom is -0.451 e. The van der Waals surface area contributed by atoms with Crippen molar-refractivity contribution in [1.29, 1.82) is 0 Å². The van der Waals surface area contributed by atoms with Gasteiger partial charge in [0, 0.05) is 24.2 Å². The first-order valence-electron chi connectivity index (χ1n) is 7.74. The summed E-state index contributed by atoms with van der Waals surface area (Å²) in [6.45, 7) is 2.77. The molecule has 0 aliphatic rings. The molecule has 1 aromatic heterocycles. The van der Waals surface area contributed by atoms with Crippen molar-refractivity contribution in [1.82, 2.24) is 5.32 Å². The molecule has 0 atom stereocenters. The lowest BCUT2D eigenvalue weighted by Gasteiger charge is -2.02. The molecule has 0 fully saturated rings. The number of carbonyl (C=O) groups is 1. The molecule has 1 N–H and O–H groups in total. The summed E-state index contributed by atoms with van der Waals surface area (Å²) in [5, 5.41) is 13.5. The maximum absolute atomic E-state index is 12.0. The molecule has 2 aromatic rings. The van der Waals surface area contributed by atoms with E-state index in [0.29, 0.717) is 17.9 Å². The van der Waals surface area contributed by atoms with Gasteiger partial charge >= 0.3 is 0 Å². The summed E-state index contributed by atoms with van der Waals surface area (Å²) >= 11 is 0. The molecule has 1 heterocycles. The molecule has 1 amide bonds. The average Bonchev–Trinajstić information content (AvgIpc) is 3.04. The summed E-state index contributed by atoms with van der Waals surface area (Å²) in [4.78, 5) is 22.2. The number of benzene rings is 1. The number of rotatable bonds is 8. The van der Waals surface area contributed by atoms with Crippen LogP contribution >= 0.6 is 0 Å². The van der Waals surface area contributed by atoms with E-state index in [1.165, 1.54) is 18.6 Å². The predicted molar refractivity (Wildman–Crippen MR) is 87.3 cm³/mol. The Morgan fingerprint density at radius 2 is 1.87 bits per heavy atom. The van der Waals surface area contributed by atoms with Gasteiger partial charge in [-0.15, -0.1) is 0 Å². The standard InChI is InChI=1S/C17H20N2O4/c1-2-3-4-5-12-18-17(20)16-11-10-15(23-16)13-6-8-14(9-7-13)19(21)22/h6-11H,2-5,12H2,1H3,(H,18,20). The van der Waals surface area contributed by atoms with Gasteiger partial charge in [-0.05, 0) is 30.7 Å². The third kappa shape index (κ3) is 4.67. The maximum Gasteiger partial charge on any atom is 0.287 e. The predicted octanol–water partition coefficient (Wildman–Crippen LogP) is 4.16. The number of nitro benzene ring substituents is 1. The number of furan rings is 1. The molecule has 122 valence electrons. The molecule has 1 aromatic carbocycles. The summed E-state index contributed by atoms with van der Waals surface area (Å²) in [5.41, 5.74) is 0.711. The van der Waals surface area contributed by atoms with Crippen LogP contribution in [0.15, 0.2) is 40.8 Å². The Bertz CT molecular complexity index is 661. The number of non-ortho nitro benzene ring substituents is 1. The molecule has 0 spiro atoms. The number of nitro groups is 1. The fraction of sp³-hybridized carbons (Fsp3) is 0.353. The van der Waals surface area contributed by atoms with Crippen molar-refractivity contribution in [3.8, 4) is 11.3 Å². The average molecular weight is 316 g/mol. The lowest BCUT2D eigenvalue weighted by atomic mass is 10.1. The van der Waals surface area contributed by atoms with Crippen LogP contribution in [0.5, 0.6) is 0 Å². The number of nitrogens with zero attached hydrogens (tertiary/aromatic N) is 1. The number of hydrogen-bond donors (Lipinski definition) is 1. The van der Waals surface area contributed by atoms with Crippen molar-refractivity contribution in [3.05, 3.63) is 52.3 Å². The Morgan fingerprint density at radius 1 is 1.13 bits per heavy atom. The van der Waals surface area contributed by atoms with Crippen LogP contribution in [0.1, 0.15) is 43.2 Å². The van der Waals surface area contributed by atoms with Crippen molar-refractivity contribution in [2.75, 3.05) is 6.54 Å². The number of amides is 1. The van der Waals surface area contributed by atoms with Crippen molar-refractivity contribution >= 4 is 11.6 Å². The highest BCUT2D eigenvalue weighted by Gasteiger charge is 2.12. The van der Waals surface area contributed by atoms with Crippen LogP contribution in [0.3, 0.4) is 0 Å². The fourth-order valence-electron chi connectivity index (χ4n) is 2.20. The van der Waals surface area contributed by atoms with E-state index in [2.05, 4.69) is 12.2 Å². The van der Waals surface area contributed by atoms with E-state index in [9.17, 15) is 14.9 Å². The molecule has 6 heteroatoms. The maximum atomic E-state index is 12.0. The van der Waals surface area contributed by atoms with Crippen molar-refractivity contribution in [2.45, 2.75) is 32.6 Å². The van der Waals surface area contributed by atoms with Gasteiger partial charge in [-0.3, -0.25) is 14.9 Å². The monoisotopic (exact) mass is 316 g/mol. The van der Waals surface area contributed by atoms with E-state index >= 15 is 0 Å². The van der Waals surface area contributed by atoms with Gasteiger partial charge < -0.3 is 9.73 Å². The third-order valence-corrected chi connectivity index (χ3v) is 3.51. The van der Waals surface area contributed by atoms with Crippen LogP contribution in [0.25, 0.3) is 11.3 Å². The Labute approximate surface area is 134 Å². The third-order valence-electron chi connectivity index (χ3n) is 3.51. The van der Waals surface area contributed by atoms with Gasteiger partial charge in [0.1, 0.15) is 5.76 Å². The van der Waals surface area contributed by atoms with E-state index in [4.69, 9.17) is 4.42 Å². The smallest absolute Gasteiger partial charge is 0.287 e. The fourth-order valence-corrected chi connectivity index (χ4v) is 2.20. The highest BCUT2D eigenvalue weighted by Crippen LogP contribution is 2.24. The van der Waals surface area contributed by atoms with Crippen molar-refractivity contribution in [2.24, 2.45) is 0 Å². The molecule has 0 bridgehead atoms. The van der Waals surface area contributed by atoms with Crippen LogP contribution < -0.4 is 5.32 Å². The van der Waals surface area contributed by atoms with Crippen molar-refractivity contribution < 1.29 is 14.1 Å². The Balaban J connectivity index is 1.94. The number of nitrogens with one attached hydrogen (secondary N) is 1. The molecule has 0 aliphatic heterocycles. The Hall–Kier alpha value is -2.63. The normalized spacial score (nSPS) is 10.5. The summed E-state index contributed by atoms with van der Waals surface area (Å²) in [6, 6.07) is 9.31. The van der Waals surface area contributed by atoms with Crippen LogP contribution in [-0.4, -0.2) is 17.4 Å². The van der Waals surface area contributed by atoms with Crippen LogP contribution in [0.4, 0.5) is 5.69 Å². The SMILES string of the molecule is CCCCCCNC(=O)c1ccc(-c2ccc([N+](=O)[O-])cc2)o1. The van der Waals surface area contributed by atoms with Gasteiger partial charge in [0.25, 0.3) is 11.6 Å². The molecule has 2 rings (SSSR count). The summed E-state index contributed by atoms with van der Waals surface area (Å²) < 4.78 is 5.53. The summed E-state index contributed by atoms with van der Waals surface area (Å²) in [6.07, 6.45) is 4.38.